The van der Waals surface area contributed by atoms with Crippen LogP contribution in [0.5, 0.6) is 0 Å². The Bertz CT molecular complexity index is 1400. The third-order valence-corrected chi connectivity index (χ3v) is 6.22. The molecule has 5 rings (SSSR count). The van der Waals surface area contributed by atoms with Gasteiger partial charge in [0.1, 0.15) is 5.82 Å². The van der Waals surface area contributed by atoms with Crippen molar-refractivity contribution in [2.45, 2.75) is 39.3 Å². The Morgan fingerprint density at radius 1 is 1.09 bits per heavy atom. The van der Waals surface area contributed by atoms with E-state index in [0.29, 0.717) is 30.0 Å². The predicted octanol–water partition coefficient (Wildman–Crippen LogP) is 3.82. The highest BCUT2D eigenvalue weighted by Crippen LogP contribution is 2.33. The fourth-order valence-corrected chi connectivity index (χ4v) is 4.72. The van der Waals surface area contributed by atoms with Gasteiger partial charge in [0, 0.05) is 53.1 Å². The number of hydrogen-bond acceptors (Lipinski definition) is 5. The zero-order chi connectivity index (χ0) is 22.4. The van der Waals surface area contributed by atoms with Crippen LogP contribution in [0.25, 0.3) is 21.8 Å². The van der Waals surface area contributed by atoms with Crippen LogP contribution in [0.4, 0.5) is 11.5 Å². The minimum atomic E-state index is -0.157. The fourth-order valence-electron chi connectivity index (χ4n) is 4.72. The number of pyridine rings is 1. The summed E-state index contributed by atoms with van der Waals surface area (Å²) in [5, 5.41) is 4.80. The number of benzene rings is 2. The van der Waals surface area contributed by atoms with Crippen LogP contribution in [0.1, 0.15) is 51.7 Å². The zero-order valence-electron chi connectivity index (χ0n) is 17.9. The molecule has 0 saturated heterocycles. The second-order valence-electron chi connectivity index (χ2n) is 8.25. The second-order valence-corrected chi connectivity index (χ2v) is 8.25. The molecule has 0 spiro atoms. The standard InChI is InChI=1S/C25H25N5O2/c1-2-30-21-9-7-15(11-17(21)16-4-3-5-22(31)24(16)30)25(32)28-13-14-6-8-20-18(10-14)19(26)12-23(27)29-20/h6-12H,2-5,13H2,1H3,(H,28,32)(H4,26,27,29). The number of nitrogens with zero attached hydrogens (tertiary/aromatic N) is 2. The number of aryl methyl sites for hydroxylation is 2. The SMILES string of the molecule is CCn1c2c(c3cc(C(=O)NCc4ccc5nc(N)cc(N)c5c4)ccc31)CCCC2=O. The molecule has 1 aliphatic carbocycles. The number of carbonyl (C=O) groups is 2. The number of ketones is 1. The number of nitrogen functional groups attached to an aromatic ring is 2. The van der Waals surface area contributed by atoms with Crippen molar-refractivity contribution < 1.29 is 9.59 Å². The molecular weight excluding hydrogens is 402 g/mol. The lowest BCUT2D eigenvalue weighted by atomic mass is 9.94. The number of anilines is 2. The molecule has 0 radical (unpaired) electrons. The number of hydrogen-bond donors (Lipinski definition) is 3. The minimum Gasteiger partial charge on any atom is -0.398 e. The Morgan fingerprint density at radius 3 is 2.75 bits per heavy atom. The molecule has 7 heteroatoms. The van der Waals surface area contributed by atoms with Gasteiger partial charge in [-0.25, -0.2) is 4.98 Å². The van der Waals surface area contributed by atoms with E-state index in [1.54, 1.807) is 6.07 Å². The van der Waals surface area contributed by atoms with E-state index in [2.05, 4.69) is 14.9 Å². The van der Waals surface area contributed by atoms with E-state index < -0.39 is 0 Å². The van der Waals surface area contributed by atoms with E-state index >= 15 is 0 Å². The van der Waals surface area contributed by atoms with Gasteiger partial charge < -0.3 is 21.4 Å². The first-order chi connectivity index (χ1) is 15.5. The van der Waals surface area contributed by atoms with E-state index in [1.165, 1.54) is 0 Å². The summed E-state index contributed by atoms with van der Waals surface area (Å²) >= 11 is 0. The van der Waals surface area contributed by atoms with Crippen molar-refractivity contribution in [1.29, 1.82) is 0 Å². The zero-order valence-corrected chi connectivity index (χ0v) is 17.9. The number of Topliss-reactive ketones (excluding diaryl/α,β-unsaturated/α-hetero) is 1. The van der Waals surface area contributed by atoms with Crippen LogP contribution >= 0.6 is 0 Å². The lowest BCUT2D eigenvalue weighted by molar-refractivity contribution is 0.0947. The van der Waals surface area contributed by atoms with Crippen molar-refractivity contribution in [2.24, 2.45) is 0 Å². The molecule has 32 heavy (non-hydrogen) atoms. The lowest BCUT2D eigenvalue weighted by Crippen LogP contribution is -2.22. The van der Waals surface area contributed by atoms with Crippen LogP contribution in [0.2, 0.25) is 0 Å². The maximum atomic E-state index is 12.9. The van der Waals surface area contributed by atoms with Crippen LogP contribution in [-0.4, -0.2) is 21.2 Å². The van der Waals surface area contributed by atoms with E-state index in [4.69, 9.17) is 11.5 Å². The van der Waals surface area contributed by atoms with Crippen LogP contribution in [0, 0.1) is 0 Å². The monoisotopic (exact) mass is 427 g/mol. The molecule has 0 bridgehead atoms. The molecule has 162 valence electrons. The Hall–Kier alpha value is -3.87. The first kappa shape index (κ1) is 20.1. The van der Waals surface area contributed by atoms with Crippen LogP contribution in [0.3, 0.4) is 0 Å². The van der Waals surface area contributed by atoms with Crippen molar-refractivity contribution >= 4 is 45.0 Å². The number of nitrogens with two attached hydrogens (primary N) is 2. The summed E-state index contributed by atoms with van der Waals surface area (Å²) in [5.74, 6) is 0.421. The molecule has 4 aromatic rings. The highest BCUT2D eigenvalue weighted by atomic mass is 16.1. The van der Waals surface area contributed by atoms with Crippen LogP contribution < -0.4 is 16.8 Å². The van der Waals surface area contributed by atoms with Gasteiger partial charge in [0.05, 0.1) is 11.2 Å². The highest BCUT2D eigenvalue weighted by molar-refractivity contribution is 6.06. The summed E-state index contributed by atoms with van der Waals surface area (Å²) in [6, 6.07) is 13.0. The summed E-state index contributed by atoms with van der Waals surface area (Å²) in [4.78, 5) is 29.7. The highest BCUT2D eigenvalue weighted by Gasteiger charge is 2.25. The normalized spacial score (nSPS) is 13.5. The number of rotatable bonds is 4. The second kappa shape index (κ2) is 7.67. The third-order valence-electron chi connectivity index (χ3n) is 6.22. The van der Waals surface area contributed by atoms with Gasteiger partial charge in [0.15, 0.2) is 5.78 Å². The molecule has 7 nitrogen and oxygen atoms in total. The Morgan fingerprint density at radius 2 is 1.94 bits per heavy atom. The van der Waals surface area contributed by atoms with Crippen molar-refractivity contribution in [3.05, 3.63) is 64.8 Å². The molecule has 0 saturated carbocycles. The Balaban J connectivity index is 1.42. The van der Waals surface area contributed by atoms with Crippen molar-refractivity contribution in [3.8, 4) is 0 Å². The number of amides is 1. The largest absolute Gasteiger partial charge is 0.398 e. The van der Waals surface area contributed by atoms with Crippen molar-refractivity contribution in [2.75, 3.05) is 11.5 Å². The van der Waals surface area contributed by atoms with Gasteiger partial charge in [-0.15, -0.1) is 0 Å². The first-order valence-electron chi connectivity index (χ1n) is 10.9. The molecular formula is C25H25N5O2. The molecule has 1 amide bonds. The molecule has 2 aromatic heterocycles. The van der Waals surface area contributed by atoms with Crippen LogP contribution in [-0.2, 0) is 19.5 Å². The van der Waals surface area contributed by atoms with Gasteiger partial charge in [0.2, 0.25) is 0 Å². The quantitative estimate of drug-likeness (QED) is 0.458. The van der Waals surface area contributed by atoms with Crippen molar-refractivity contribution in [1.82, 2.24) is 14.9 Å². The van der Waals surface area contributed by atoms with Gasteiger partial charge in [-0.05, 0) is 61.2 Å². The molecule has 0 unspecified atom stereocenters. The average molecular weight is 428 g/mol. The maximum absolute atomic E-state index is 12.9. The van der Waals surface area contributed by atoms with Gasteiger partial charge in [-0.3, -0.25) is 9.59 Å². The van der Waals surface area contributed by atoms with E-state index in [-0.39, 0.29) is 11.7 Å². The number of fused-ring (bicyclic) bond motifs is 4. The van der Waals surface area contributed by atoms with Gasteiger partial charge in [-0.2, -0.15) is 0 Å². The van der Waals surface area contributed by atoms with E-state index in [9.17, 15) is 9.59 Å². The van der Waals surface area contributed by atoms with E-state index in [1.807, 2.05) is 43.3 Å². The van der Waals surface area contributed by atoms with Gasteiger partial charge >= 0.3 is 0 Å². The molecule has 0 fully saturated rings. The fraction of sp³-hybridized carbons (Fsp3) is 0.240. The molecule has 0 atom stereocenters. The number of nitrogens with one attached hydrogen (secondary N) is 1. The number of aromatic nitrogens is 2. The van der Waals surface area contributed by atoms with Crippen molar-refractivity contribution in [3.63, 3.8) is 0 Å². The predicted molar refractivity (Wildman–Crippen MR) is 127 cm³/mol. The summed E-state index contributed by atoms with van der Waals surface area (Å²) in [6.07, 6.45) is 2.32. The lowest BCUT2D eigenvalue weighted by Gasteiger charge is -2.13. The molecule has 5 N–H and O–H groups in total. The molecule has 2 heterocycles. The first-order valence-corrected chi connectivity index (χ1v) is 10.9. The summed E-state index contributed by atoms with van der Waals surface area (Å²) in [7, 11) is 0. The Kier molecular flexibility index (Phi) is 4.81. The molecule has 2 aromatic carbocycles. The summed E-state index contributed by atoms with van der Waals surface area (Å²) in [6.45, 7) is 3.14. The third kappa shape index (κ3) is 3.26. The van der Waals surface area contributed by atoms with Gasteiger partial charge in [-0.1, -0.05) is 6.07 Å². The van der Waals surface area contributed by atoms with E-state index in [0.717, 1.165) is 58.0 Å². The topological polar surface area (TPSA) is 116 Å². The minimum absolute atomic E-state index is 0.157. The summed E-state index contributed by atoms with van der Waals surface area (Å²) in [5.41, 5.74) is 17.5. The van der Waals surface area contributed by atoms with Gasteiger partial charge in [0.25, 0.3) is 5.91 Å². The molecule has 0 aliphatic heterocycles. The maximum Gasteiger partial charge on any atom is 0.251 e. The Labute approximate surface area is 185 Å². The average Bonchev–Trinajstić information content (AvgIpc) is 3.11. The summed E-state index contributed by atoms with van der Waals surface area (Å²) < 4.78 is 2.08. The molecule has 1 aliphatic rings. The smallest absolute Gasteiger partial charge is 0.251 e. The van der Waals surface area contributed by atoms with Crippen LogP contribution in [0.15, 0.2) is 42.5 Å². The number of carbonyl (C=O) groups excluding carboxylic acids is 2.